The second-order valence-electron chi connectivity index (χ2n) is 5.76. The number of ether oxygens (including phenoxy) is 1. The van der Waals surface area contributed by atoms with Crippen molar-refractivity contribution < 1.29 is 9.53 Å². The molecule has 0 bridgehead atoms. The van der Waals surface area contributed by atoms with Crippen molar-refractivity contribution in [2.24, 2.45) is 0 Å². The summed E-state index contributed by atoms with van der Waals surface area (Å²) < 4.78 is 7.55. The third-order valence-electron chi connectivity index (χ3n) is 3.95. The highest BCUT2D eigenvalue weighted by Gasteiger charge is 2.17. The Bertz CT molecular complexity index is 914. The topological polar surface area (TPSA) is 98.8 Å². The third-order valence-corrected chi connectivity index (χ3v) is 4.80. The monoisotopic (exact) mass is 371 g/mol. The van der Waals surface area contributed by atoms with E-state index < -0.39 is 0 Å². The van der Waals surface area contributed by atoms with Crippen LogP contribution >= 0.6 is 11.8 Å². The number of nitrogens with one attached hydrogen (secondary N) is 1. The van der Waals surface area contributed by atoms with Crippen LogP contribution in [0, 0.1) is 13.8 Å². The van der Waals surface area contributed by atoms with E-state index in [9.17, 15) is 4.79 Å². The van der Waals surface area contributed by atoms with Gasteiger partial charge in [-0.25, -0.2) is 5.10 Å². The number of thioether (sulfide) groups is 1. The molecule has 0 fully saturated rings. The van der Waals surface area contributed by atoms with Gasteiger partial charge in [0.25, 0.3) is 0 Å². The molecule has 8 heteroatoms. The van der Waals surface area contributed by atoms with E-state index >= 15 is 0 Å². The van der Waals surface area contributed by atoms with E-state index in [4.69, 9.17) is 10.5 Å². The van der Waals surface area contributed by atoms with Gasteiger partial charge in [0.05, 0.1) is 12.4 Å². The summed E-state index contributed by atoms with van der Waals surface area (Å²) >= 11 is 1.26. The molecule has 0 aliphatic rings. The first-order chi connectivity index (χ1) is 12.5. The molecule has 0 spiro atoms. The van der Waals surface area contributed by atoms with Crippen molar-refractivity contribution in [3.05, 3.63) is 47.3 Å². The molecule has 26 heavy (non-hydrogen) atoms. The molecule has 0 amide bonds. The molecule has 136 valence electrons. The third kappa shape index (κ3) is 3.75. The number of hydrogen-bond donors (Lipinski definition) is 2. The van der Waals surface area contributed by atoms with E-state index in [0.29, 0.717) is 17.3 Å². The lowest BCUT2D eigenvalue weighted by Crippen LogP contribution is -2.06. The molecule has 3 N–H and O–H groups in total. The number of ketones is 1. The number of nitrogens with two attached hydrogens (primary N) is 1. The van der Waals surface area contributed by atoms with Crippen molar-refractivity contribution in [3.63, 3.8) is 0 Å². The number of carbonyl (C=O) groups is 1. The molecule has 0 saturated heterocycles. The smallest absolute Gasteiger partial charge is 0.216 e. The van der Waals surface area contributed by atoms with E-state index in [1.165, 1.54) is 11.8 Å². The Morgan fingerprint density at radius 1 is 1.31 bits per heavy atom. The zero-order valence-corrected chi connectivity index (χ0v) is 15.8. The summed E-state index contributed by atoms with van der Waals surface area (Å²) in [6, 6.07) is 9.77. The lowest BCUT2D eigenvalue weighted by molar-refractivity contribution is 0.102. The summed E-state index contributed by atoms with van der Waals surface area (Å²) in [5.41, 5.74) is 9.11. The number of Topliss-reactive ketones (excluding diaryl/α,β-unsaturated/α-hetero) is 1. The summed E-state index contributed by atoms with van der Waals surface area (Å²) in [6.45, 7) is 6.53. The number of H-pyrrole nitrogens is 1. The van der Waals surface area contributed by atoms with E-state index in [1.807, 2.05) is 51.1 Å². The minimum absolute atomic E-state index is 0.0312. The van der Waals surface area contributed by atoms with Crippen molar-refractivity contribution in [2.45, 2.75) is 25.9 Å². The number of aryl methyl sites for hydroxylation is 1. The van der Waals surface area contributed by atoms with Crippen LogP contribution in [0.1, 0.15) is 28.7 Å². The number of benzene rings is 1. The summed E-state index contributed by atoms with van der Waals surface area (Å²) in [7, 11) is 0. The molecule has 2 heterocycles. The Labute approximate surface area is 156 Å². The van der Waals surface area contributed by atoms with E-state index in [0.717, 1.165) is 22.8 Å². The lowest BCUT2D eigenvalue weighted by atomic mass is 10.2. The van der Waals surface area contributed by atoms with E-state index in [-0.39, 0.29) is 17.5 Å². The van der Waals surface area contributed by atoms with Crippen LogP contribution in [0.25, 0.3) is 5.69 Å². The summed E-state index contributed by atoms with van der Waals surface area (Å²) in [5.74, 6) is 1.36. The quantitative estimate of drug-likeness (QED) is 0.489. The van der Waals surface area contributed by atoms with Crippen LogP contribution < -0.4 is 10.5 Å². The minimum Gasteiger partial charge on any atom is -0.494 e. The van der Waals surface area contributed by atoms with Gasteiger partial charge in [-0.15, -0.1) is 5.10 Å². The highest BCUT2D eigenvalue weighted by Crippen LogP contribution is 2.24. The molecule has 2 aromatic heterocycles. The first-order valence-electron chi connectivity index (χ1n) is 8.25. The van der Waals surface area contributed by atoms with Crippen molar-refractivity contribution in [3.8, 4) is 11.4 Å². The summed E-state index contributed by atoms with van der Waals surface area (Å²) in [5, 5.41) is 6.96. The van der Waals surface area contributed by atoms with Gasteiger partial charge in [0.15, 0.2) is 5.78 Å². The maximum atomic E-state index is 12.6. The molecular formula is C18H21N5O2S. The summed E-state index contributed by atoms with van der Waals surface area (Å²) in [4.78, 5) is 16.6. The number of nitrogen functional groups attached to an aromatic ring is 1. The van der Waals surface area contributed by atoms with Gasteiger partial charge in [0, 0.05) is 22.6 Å². The molecule has 1 aromatic carbocycles. The van der Waals surface area contributed by atoms with Gasteiger partial charge >= 0.3 is 0 Å². The molecule has 7 nitrogen and oxygen atoms in total. The van der Waals surface area contributed by atoms with Gasteiger partial charge in [-0.3, -0.25) is 4.79 Å². The Morgan fingerprint density at radius 3 is 2.65 bits per heavy atom. The van der Waals surface area contributed by atoms with Crippen LogP contribution in [0.4, 0.5) is 5.95 Å². The van der Waals surface area contributed by atoms with Crippen molar-refractivity contribution >= 4 is 23.5 Å². The van der Waals surface area contributed by atoms with E-state index in [2.05, 4.69) is 19.7 Å². The number of rotatable bonds is 7. The fraction of sp³-hybridized carbons (Fsp3) is 0.278. The average Bonchev–Trinajstić information content (AvgIpc) is 3.17. The fourth-order valence-electron chi connectivity index (χ4n) is 2.83. The molecule has 0 unspecified atom stereocenters. The molecule has 0 aliphatic heterocycles. The van der Waals surface area contributed by atoms with Crippen LogP contribution in [-0.4, -0.2) is 37.9 Å². The highest BCUT2D eigenvalue weighted by molar-refractivity contribution is 7.99. The SMILES string of the molecule is CCOc1ccc(-n2c(C)cc(C(=O)CSc3n[nH]c(N)n3)c2C)cc1. The highest BCUT2D eigenvalue weighted by atomic mass is 32.2. The van der Waals surface area contributed by atoms with E-state index in [1.54, 1.807) is 0 Å². The van der Waals surface area contributed by atoms with Crippen LogP contribution in [0.2, 0.25) is 0 Å². The minimum atomic E-state index is 0.0312. The second-order valence-corrected chi connectivity index (χ2v) is 6.70. The van der Waals surface area contributed by atoms with Gasteiger partial charge in [-0.1, -0.05) is 11.8 Å². The summed E-state index contributed by atoms with van der Waals surface area (Å²) in [6.07, 6.45) is 0. The lowest BCUT2D eigenvalue weighted by Gasteiger charge is -2.11. The first kappa shape index (κ1) is 18.1. The number of aromatic amines is 1. The normalized spacial score (nSPS) is 10.9. The molecule has 0 atom stereocenters. The maximum Gasteiger partial charge on any atom is 0.216 e. The van der Waals surface area contributed by atoms with Crippen LogP contribution in [0.3, 0.4) is 0 Å². The Hall–Kier alpha value is -2.74. The number of hydrogen-bond acceptors (Lipinski definition) is 6. The standard InChI is InChI=1S/C18H21N5O2S/c1-4-25-14-7-5-13(6-8-14)23-11(2)9-15(12(23)3)16(24)10-26-18-20-17(19)21-22-18/h5-9H,4,10H2,1-3H3,(H3,19,20,21,22). The second kappa shape index (κ2) is 7.65. The van der Waals surface area contributed by atoms with Crippen molar-refractivity contribution in [2.75, 3.05) is 18.1 Å². The van der Waals surface area contributed by atoms with Crippen molar-refractivity contribution in [1.82, 2.24) is 19.7 Å². The molecule has 0 aliphatic carbocycles. The number of nitrogens with zero attached hydrogens (tertiary/aromatic N) is 3. The largest absolute Gasteiger partial charge is 0.494 e. The van der Waals surface area contributed by atoms with Crippen molar-refractivity contribution in [1.29, 1.82) is 0 Å². The van der Waals surface area contributed by atoms with Crippen LogP contribution in [-0.2, 0) is 0 Å². The maximum absolute atomic E-state index is 12.6. The van der Waals surface area contributed by atoms with Gasteiger partial charge in [0.2, 0.25) is 11.1 Å². The Balaban J connectivity index is 1.79. The molecule has 3 rings (SSSR count). The molecule has 0 radical (unpaired) electrons. The van der Waals surface area contributed by atoms with Crippen LogP contribution in [0.5, 0.6) is 5.75 Å². The Morgan fingerprint density at radius 2 is 2.04 bits per heavy atom. The van der Waals surface area contributed by atoms with Crippen LogP contribution in [0.15, 0.2) is 35.5 Å². The zero-order valence-electron chi connectivity index (χ0n) is 14.9. The number of aromatic nitrogens is 4. The zero-order chi connectivity index (χ0) is 18.7. The fourth-order valence-corrected chi connectivity index (χ4v) is 3.52. The van der Waals surface area contributed by atoms with Gasteiger partial charge < -0.3 is 15.0 Å². The molecular weight excluding hydrogens is 350 g/mol. The Kier molecular flexibility index (Phi) is 5.32. The predicted octanol–water partition coefficient (Wildman–Crippen LogP) is 3.17. The average molecular weight is 371 g/mol. The number of anilines is 1. The predicted molar refractivity (Wildman–Crippen MR) is 102 cm³/mol. The molecule has 0 saturated carbocycles. The van der Waals surface area contributed by atoms with Gasteiger partial charge in [-0.2, -0.15) is 4.98 Å². The van der Waals surface area contributed by atoms with Gasteiger partial charge in [-0.05, 0) is 51.1 Å². The van der Waals surface area contributed by atoms with Gasteiger partial charge in [0.1, 0.15) is 5.75 Å². The molecule has 3 aromatic rings. The first-order valence-corrected chi connectivity index (χ1v) is 9.24. The number of carbonyl (C=O) groups excluding carboxylic acids is 1.